The van der Waals surface area contributed by atoms with Gasteiger partial charge >= 0.3 is 0 Å². The van der Waals surface area contributed by atoms with E-state index in [4.69, 9.17) is 0 Å². The number of anilines is 1. The zero-order valence-electron chi connectivity index (χ0n) is 27.9. The molecule has 4 aromatic carbocycles. The van der Waals surface area contributed by atoms with Gasteiger partial charge in [0.25, 0.3) is 11.8 Å². The summed E-state index contributed by atoms with van der Waals surface area (Å²) in [5, 5.41) is 15.5. The van der Waals surface area contributed by atoms with Crippen LogP contribution in [-0.2, 0) is 31.1 Å². The molecule has 2 aliphatic heterocycles. The number of hydrogen-bond donors (Lipinski definition) is 2. The Hall–Kier alpha value is -5.54. The number of rotatable bonds is 6. The van der Waals surface area contributed by atoms with Gasteiger partial charge in [0, 0.05) is 16.2 Å². The Kier molecular flexibility index (Phi) is 7.26. The van der Waals surface area contributed by atoms with Gasteiger partial charge in [0.15, 0.2) is 0 Å². The standard InChI is InChI=1S/C42H35N3O5S/c1-24-13-15-26(16-14-24)43-45-39(48)34-22-33-31(17-18-32-36(33)40(49)44(38(32)47)23-27-10-7-21-51-27)37(42(34,41(45)50)25-8-3-2-4-9-25)30-19-20-35(46)29-12-6-5-11-28(29)30/h2-17,19-21,32-34,36-37,43,46H,18,22-23H2,1H3/t32-,33+,34-,36-,37-,42+/m0/s1. The van der Waals surface area contributed by atoms with Gasteiger partial charge in [0.2, 0.25) is 11.8 Å². The summed E-state index contributed by atoms with van der Waals surface area (Å²) in [6.45, 7) is 2.19. The lowest BCUT2D eigenvalue weighted by Crippen LogP contribution is -2.53. The first-order chi connectivity index (χ1) is 24.8. The fourth-order valence-electron chi connectivity index (χ4n) is 9.43. The van der Waals surface area contributed by atoms with Crippen LogP contribution in [0, 0.1) is 30.6 Å². The summed E-state index contributed by atoms with van der Waals surface area (Å²) in [7, 11) is 0. The number of hydrazine groups is 1. The summed E-state index contributed by atoms with van der Waals surface area (Å²) in [5.41, 5.74) is 5.82. The highest BCUT2D eigenvalue weighted by Gasteiger charge is 2.70. The van der Waals surface area contributed by atoms with Crippen molar-refractivity contribution >= 4 is 51.4 Å². The fraction of sp³-hybridized carbons (Fsp3) is 0.238. The minimum absolute atomic E-state index is 0.113. The SMILES string of the molecule is Cc1ccc(NN2C(=O)[C@@H]3C[C@@H]4C(=CC[C@@H]5C(=O)N(Cc6cccs6)C(=O)[C@@H]54)[C@H](c4ccc(O)c5ccccc45)[C@]3(c3ccccc3)C2=O)cc1. The molecule has 9 rings (SSSR count). The number of aryl methyl sites for hydroxylation is 1. The molecule has 0 bridgehead atoms. The molecule has 4 amide bonds. The average molecular weight is 694 g/mol. The highest BCUT2D eigenvalue weighted by Crippen LogP contribution is 2.64. The van der Waals surface area contributed by atoms with E-state index in [1.165, 1.54) is 21.2 Å². The second-order valence-electron chi connectivity index (χ2n) is 14.2. The molecule has 2 N–H and O–H groups in total. The largest absolute Gasteiger partial charge is 0.507 e. The molecule has 5 aromatic rings. The van der Waals surface area contributed by atoms with E-state index < -0.39 is 35.0 Å². The lowest BCUT2D eigenvalue weighted by Gasteiger charge is -2.51. The Balaban J connectivity index is 1.26. The second kappa shape index (κ2) is 11.8. The van der Waals surface area contributed by atoms with Crippen molar-refractivity contribution in [3.8, 4) is 5.75 Å². The number of phenolic OH excluding ortho intramolecular Hbond substituents is 1. The third kappa shape index (κ3) is 4.57. The van der Waals surface area contributed by atoms with Crippen molar-refractivity contribution in [1.82, 2.24) is 9.91 Å². The van der Waals surface area contributed by atoms with Crippen LogP contribution in [0.2, 0.25) is 0 Å². The zero-order valence-corrected chi connectivity index (χ0v) is 28.7. The fourth-order valence-corrected chi connectivity index (χ4v) is 10.1. The van der Waals surface area contributed by atoms with Crippen molar-refractivity contribution in [3.63, 3.8) is 0 Å². The zero-order chi connectivity index (χ0) is 35.0. The number of imide groups is 2. The number of carbonyl (C=O) groups is 4. The van der Waals surface area contributed by atoms with Crippen LogP contribution in [0.15, 0.2) is 120 Å². The molecule has 3 fully saturated rings. The van der Waals surface area contributed by atoms with Crippen LogP contribution in [0.25, 0.3) is 10.8 Å². The number of phenols is 1. The molecule has 1 aromatic heterocycles. The maximum atomic E-state index is 15.4. The van der Waals surface area contributed by atoms with E-state index in [2.05, 4.69) is 11.5 Å². The van der Waals surface area contributed by atoms with Gasteiger partial charge in [0.05, 0.1) is 35.4 Å². The van der Waals surface area contributed by atoms with Gasteiger partial charge in [-0.3, -0.25) is 29.5 Å². The van der Waals surface area contributed by atoms with Crippen LogP contribution in [0.4, 0.5) is 5.69 Å². The predicted octanol–water partition coefficient (Wildman–Crippen LogP) is 7.10. The van der Waals surface area contributed by atoms with Gasteiger partial charge in [-0.05, 0) is 71.8 Å². The van der Waals surface area contributed by atoms with Crippen LogP contribution in [-0.4, -0.2) is 38.6 Å². The van der Waals surface area contributed by atoms with E-state index in [9.17, 15) is 19.5 Å². The van der Waals surface area contributed by atoms with Crippen molar-refractivity contribution in [3.05, 3.63) is 142 Å². The molecule has 4 aliphatic rings. The average Bonchev–Trinajstić information content (AvgIpc) is 3.82. The Morgan fingerprint density at radius 1 is 0.804 bits per heavy atom. The Morgan fingerprint density at radius 3 is 2.29 bits per heavy atom. The number of likely N-dealkylation sites (tertiary alicyclic amines) is 1. The van der Waals surface area contributed by atoms with Crippen molar-refractivity contribution < 1.29 is 24.3 Å². The number of carbonyl (C=O) groups excluding carboxylic acids is 4. The molecule has 2 aliphatic carbocycles. The molecule has 254 valence electrons. The number of nitrogens with one attached hydrogen (secondary N) is 1. The summed E-state index contributed by atoms with van der Waals surface area (Å²) >= 11 is 1.51. The smallest absolute Gasteiger partial charge is 0.260 e. The van der Waals surface area contributed by atoms with Gasteiger partial charge in [-0.25, -0.2) is 0 Å². The number of benzene rings is 4. The van der Waals surface area contributed by atoms with E-state index in [0.29, 0.717) is 23.1 Å². The molecular weight excluding hydrogens is 659 g/mol. The molecule has 1 saturated carbocycles. The van der Waals surface area contributed by atoms with Crippen LogP contribution in [0.1, 0.15) is 40.3 Å². The lowest BCUT2D eigenvalue weighted by atomic mass is 9.49. The monoisotopic (exact) mass is 693 g/mol. The maximum absolute atomic E-state index is 15.4. The highest BCUT2D eigenvalue weighted by molar-refractivity contribution is 7.09. The van der Waals surface area contributed by atoms with Crippen LogP contribution in [0.3, 0.4) is 0 Å². The number of amides is 4. The predicted molar refractivity (Wildman–Crippen MR) is 194 cm³/mol. The summed E-state index contributed by atoms with van der Waals surface area (Å²) in [6.07, 6.45) is 2.67. The third-order valence-electron chi connectivity index (χ3n) is 11.6. The summed E-state index contributed by atoms with van der Waals surface area (Å²) in [6, 6.07) is 31.9. The molecule has 9 heteroatoms. The normalized spacial score (nSPS) is 27.0. The number of allylic oxidation sites excluding steroid dienone is 2. The summed E-state index contributed by atoms with van der Waals surface area (Å²) in [4.78, 5) is 61.0. The number of aromatic hydroxyl groups is 1. The second-order valence-corrected chi connectivity index (χ2v) is 15.2. The molecule has 51 heavy (non-hydrogen) atoms. The first kappa shape index (κ1) is 31.4. The Morgan fingerprint density at radius 2 is 1.55 bits per heavy atom. The minimum Gasteiger partial charge on any atom is -0.507 e. The molecule has 3 heterocycles. The van der Waals surface area contributed by atoms with Crippen LogP contribution < -0.4 is 5.43 Å². The molecule has 0 unspecified atom stereocenters. The minimum atomic E-state index is -1.38. The quantitative estimate of drug-likeness (QED) is 0.145. The van der Waals surface area contributed by atoms with Gasteiger partial charge < -0.3 is 5.11 Å². The Bertz CT molecular complexity index is 2270. The molecule has 0 radical (unpaired) electrons. The van der Waals surface area contributed by atoms with Gasteiger partial charge in [-0.1, -0.05) is 96.1 Å². The van der Waals surface area contributed by atoms with Crippen LogP contribution in [0.5, 0.6) is 5.75 Å². The maximum Gasteiger partial charge on any atom is 0.260 e. The first-order valence-corrected chi connectivity index (χ1v) is 18.2. The molecular formula is C42H35N3O5S. The molecule has 0 spiro atoms. The van der Waals surface area contributed by atoms with E-state index in [0.717, 1.165) is 27.0 Å². The lowest BCUT2D eigenvalue weighted by molar-refractivity contribution is -0.141. The third-order valence-corrected chi connectivity index (χ3v) is 12.5. The molecule has 2 saturated heterocycles. The highest BCUT2D eigenvalue weighted by atomic mass is 32.1. The van der Waals surface area contributed by atoms with Gasteiger partial charge in [-0.15, -0.1) is 11.3 Å². The Labute approximate surface area is 299 Å². The number of fused-ring (bicyclic) bond motifs is 5. The van der Waals surface area contributed by atoms with E-state index in [-0.39, 0.29) is 42.3 Å². The number of thiophene rings is 1. The van der Waals surface area contributed by atoms with E-state index >= 15 is 4.79 Å². The number of hydrogen-bond acceptors (Lipinski definition) is 7. The number of nitrogens with zero attached hydrogens (tertiary/aromatic N) is 2. The van der Waals surface area contributed by atoms with Crippen molar-refractivity contribution in [2.75, 3.05) is 5.43 Å². The van der Waals surface area contributed by atoms with Crippen molar-refractivity contribution in [2.24, 2.45) is 23.7 Å². The van der Waals surface area contributed by atoms with Crippen LogP contribution >= 0.6 is 11.3 Å². The first-order valence-electron chi connectivity index (χ1n) is 17.3. The topological polar surface area (TPSA) is 107 Å². The summed E-state index contributed by atoms with van der Waals surface area (Å²) < 4.78 is 0. The summed E-state index contributed by atoms with van der Waals surface area (Å²) in [5.74, 6) is -4.21. The molecule has 6 atom stereocenters. The molecule has 8 nitrogen and oxygen atoms in total. The van der Waals surface area contributed by atoms with E-state index in [1.807, 2.05) is 109 Å². The van der Waals surface area contributed by atoms with Gasteiger partial charge in [0.1, 0.15) is 5.75 Å². The van der Waals surface area contributed by atoms with Crippen molar-refractivity contribution in [2.45, 2.75) is 37.6 Å². The van der Waals surface area contributed by atoms with Gasteiger partial charge in [-0.2, -0.15) is 5.01 Å². The van der Waals surface area contributed by atoms with E-state index in [1.54, 1.807) is 6.07 Å². The van der Waals surface area contributed by atoms with Crippen molar-refractivity contribution in [1.29, 1.82) is 0 Å².